The zero-order valence-electron chi connectivity index (χ0n) is 23.2. The molecule has 44 heavy (non-hydrogen) atoms. The van der Waals surface area contributed by atoms with Gasteiger partial charge in [-0.2, -0.15) is 0 Å². The van der Waals surface area contributed by atoms with Crippen LogP contribution in [0, 0.1) is 0 Å². The van der Waals surface area contributed by atoms with E-state index in [1.165, 1.54) is 0 Å². The van der Waals surface area contributed by atoms with Crippen LogP contribution in [0.4, 0.5) is 0 Å². The lowest BCUT2D eigenvalue weighted by atomic mass is 9.99. The smallest absolute Gasteiger partial charge is 0.338 e. The number of hydrogen-bond donors (Lipinski definition) is 0. The lowest BCUT2D eigenvalue weighted by Crippen LogP contribution is -2.61. The molecule has 1 saturated heterocycles. The van der Waals surface area contributed by atoms with Crippen LogP contribution >= 0.6 is 22.6 Å². The quantitative estimate of drug-likeness (QED) is 0.0939. The summed E-state index contributed by atoms with van der Waals surface area (Å²) >= 11 is 1.92. The predicted octanol–water partition coefficient (Wildman–Crippen LogP) is 5.68. The van der Waals surface area contributed by atoms with E-state index in [1.54, 1.807) is 121 Å². The Kier molecular flexibility index (Phi) is 10.4. The van der Waals surface area contributed by atoms with E-state index in [2.05, 4.69) is 0 Å². The van der Waals surface area contributed by atoms with Crippen molar-refractivity contribution in [2.45, 2.75) is 28.5 Å². The van der Waals surface area contributed by atoms with Gasteiger partial charge in [-0.05, 0) is 71.1 Å². The van der Waals surface area contributed by atoms with Crippen molar-refractivity contribution in [3.63, 3.8) is 0 Å². The maximum atomic E-state index is 13.3. The third-order valence-corrected chi connectivity index (χ3v) is 7.73. The molecule has 0 aliphatic carbocycles. The molecule has 0 spiro atoms. The lowest BCUT2D eigenvalue weighted by molar-refractivity contribution is -0.203. The van der Waals surface area contributed by atoms with Gasteiger partial charge >= 0.3 is 23.9 Å². The minimum Gasteiger partial charge on any atom is -0.459 e. The monoisotopic (exact) mass is 706 g/mol. The summed E-state index contributed by atoms with van der Waals surface area (Å²) in [4.78, 5) is 52.6. The Morgan fingerprint density at radius 3 is 1.25 bits per heavy atom. The fraction of sp³-hybridized carbons (Fsp3) is 0.176. The number of carbonyl (C=O) groups excluding carboxylic acids is 4. The first-order valence-electron chi connectivity index (χ1n) is 13.7. The average molecular weight is 706 g/mol. The topological polar surface area (TPSA) is 114 Å². The molecule has 1 heterocycles. The Balaban J connectivity index is 1.48. The molecule has 1 aliphatic heterocycles. The SMILES string of the molecule is O=C(OCC1O[C@H](I)C(OC(=O)c2ccccc2)C(OC(=O)c2ccccc2)[C@@H]1OC(=O)c1ccccc1)c1ccccc1. The Labute approximate surface area is 267 Å². The van der Waals surface area contributed by atoms with E-state index in [9.17, 15) is 19.2 Å². The van der Waals surface area contributed by atoms with Crippen molar-refractivity contribution < 1.29 is 42.9 Å². The van der Waals surface area contributed by atoms with Crippen molar-refractivity contribution in [1.29, 1.82) is 0 Å². The first kappa shape index (κ1) is 30.9. The third-order valence-electron chi connectivity index (χ3n) is 6.72. The Morgan fingerprint density at radius 1 is 0.500 bits per heavy atom. The summed E-state index contributed by atoms with van der Waals surface area (Å²) in [6.45, 7) is -0.349. The second-order valence-electron chi connectivity index (χ2n) is 9.70. The summed E-state index contributed by atoms with van der Waals surface area (Å²) in [5.74, 6) is -2.78. The molecule has 5 atom stereocenters. The van der Waals surface area contributed by atoms with Crippen molar-refractivity contribution in [1.82, 2.24) is 0 Å². The van der Waals surface area contributed by atoms with Gasteiger partial charge in [-0.1, -0.05) is 72.8 Å². The van der Waals surface area contributed by atoms with Gasteiger partial charge in [-0.15, -0.1) is 0 Å². The second kappa shape index (κ2) is 14.8. The number of rotatable bonds is 9. The van der Waals surface area contributed by atoms with E-state index in [1.807, 2.05) is 22.6 Å². The molecule has 5 rings (SSSR count). The highest BCUT2D eigenvalue weighted by atomic mass is 127. The zero-order chi connectivity index (χ0) is 30.9. The minimum absolute atomic E-state index is 0.232. The number of esters is 4. The van der Waals surface area contributed by atoms with Gasteiger partial charge in [0, 0.05) is 0 Å². The largest absolute Gasteiger partial charge is 0.459 e. The van der Waals surface area contributed by atoms with Crippen molar-refractivity contribution in [2.75, 3.05) is 6.61 Å². The first-order chi connectivity index (χ1) is 21.4. The molecule has 0 amide bonds. The average Bonchev–Trinajstić information content (AvgIpc) is 3.07. The highest BCUT2D eigenvalue weighted by Crippen LogP contribution is 2.33. The summed E-state index contributed by atoms with van der Waals surface area (Å²) in [6.07, 6.45) is -4.96. The number of ether oxygens (including phenoxy) is 5. The molecule has 1 fully saturated rings. The van der Waals surface area contributed by atoms with Crippen LogP contribution in [0.5, 0.6) is 0 Å². The van der Waals surface area contributed by atoms with E-state index < -0.39 is 52.4 Å². The molecule has 0 saturated carbocycles. The molecule has 0 bridgehead atoms. The van der Waals surface area contributed by atoms with Gasteiger partial charge in [0.15, 0.2) is 18.3 Å². The Bertz CT molecular complexity index is 1570. The van der Waals surface area contributed by atoms with E-state index in [0.717, 1.165) is 0 Å². The van der Waals surface area contributed by atoms with E-state index in [4.69, 9.17) is 23.7 Å². The molecular formula is C34H27IO9. The highest BCUT2D eigenvalue weighted by molar-refractivity contribution is 14.1. The predicted molar refractivity (Wildman–Crippen MR) is 166 cm³/mol. The highest BCUT2D eigenvalue weighted by Gasteiger charge is 2.52. The van der Waals surface area contributed by atoms with Crippen molar-refractivity contribution in [3.05, 3.63) is 144 Å². The standard InChI is InChI=1S/C34H27IO9/c35-30-29(44-34(39)25-19-11-4-12-20-25)28(43-33(38)24-17-9-3-10-18-24)27(42-32(37)23-15-7-2-8-16-23)26(41-30)21-40-31(36)22-13-5-1-6-14-22/h1-20,26-30H,21H2/t26?,27-,28?,29?,30+/m1/s1. The van der Waals surface area contributed by atoms with Gasteiger partial charge in [-0.3, -0.25) is 0 Å². The molecule has 4 aromatic rings. The number of halogens is 1. The van der Waals surface area contributed by atoms with Crippen LogP contribution in [0.2, 0.25) is 0 Å². The van der Waals surface area contributed by atoms with Crippen LogP contribution in [0.3, 0.4) is 0 Å². The van der Waals surface area contributed by atoms with E-state index >= 15 is 0 Å². The maximum absolute atomic E-state index is 13.3. The molecule has 3 unspecified atom stereocenters. The van der Waals surface area contributed by atoms with Gasteiger partial charge in [-0.25, -0.2) is 19.2 Å². The molecule has 0 radical (unpaired) electrons. The number of benzene rings is 4. The van der Waals surface area contributed by atoms with E-state index in [0.29, 0.717) is 5.56 Å². The van der Waals surface area contributed by atoms with E-state index in [-0.39, 0.29) is 23.3 Å². The molecular weight excluding hydrogens is 679 g/mol. The number of hydrogen-bond acceptors (Lipinski definition) is 9. The summed E-state index contributed by atoms with van der Waals surface area (Å²) in [5.41, 5.74) is 1.04. The van der Waals surface area contributed by atoms with Gasteiger partial charge in [0.2, 0.25) is 0 Å². The van der Waals surface area contributed by atoms with Crippen LogP contribution in [0.15, 0.2) is 121 Å². The molecule has 4 aromatic carbocycles. The number of carbonyl (C=O) groups is 4. The zero-order valence-corrected chi connectivity index (χ0v) is 25.4. The van der Waals surface area contributed by atoms with Crippen LogP contribution in [0.1, 0.15) is 41.4 Å². The molecule has 10 heteroatoms. The molecule has 224 valence electrons. The molecule has 1 aliphatic rings. The normalized spacial score (nSPS) is 21.0. The Hall–Kier alpha value is -4.55. The van der Waals surface area contributed by atoms with Gasteiger partial charge in [0.05, 0.1) is 22.3 Å². The lowest BCUT2D eigenvalue weighted by Gasteiger charge is -2.43. The molecule has 0 N–H and O–H groups in total. The fourth-order valence-electron chi connectivity index (χ4n) is 4.51. The van der Waals surface area contributed by atoms with Crippen molar-refractivity contribution in [3.8, 4) is 0 Å². The van der Waals surface area contributed by atoms with Crippen LogP contribution in [0.25, 0.3) is 0 Å². The summed E-state index contributed by atoms with van der Waals surface area (Å²) in [7, 11) is 0. The van der Waals surface area contributed by atoms with Crippen LogP contribution in [-0.2, 0) is 23.7 Å². The Morgan fingerprint density at radius 2 is 0.841 bits per heavy atom. The minimum atomic E-state index is -1.33. The number of alkyl halides is 1. The van der Waals surface area contributed by atoms with Crippen molar-refractivity contribution >= 4 is 46.5 Å². The fourth-order valence-corrected chi connectivity index (χ4v) is 5.45. The molecule has 9 nitrogen and oxygen atoms in total. The molecule has 0 aromatic heterocycles. The van der Waals surface area contributed by atoms with Crippen LogP contribution < -0.4 is 0 Å². The third kappa shape index (κ3) is 7.69. The van der Waals surface area contributed by atoms with Crippen LogP contribution in [-0.4, -0.2) is 59.0 Å². The van der Waals surface area contributed by atoms with Crippen molar-refractivity contribution in [2.24, 2.45) is 0 Å². The van der Waals surface area contributed by atoms with Gasteiger partial charge < -0.3 is 23.7 Å². The first-order valence-corrected chi connectivity index (χ1v) is 14.9. The van der Waals surface area contributed by atoms with Gasteiger partial charge in [0.1, 0.15) is 16.8 Å². The maximum Gasteiger partial charge on any atom is 0.338 e. The summed E-state index contributed by atoms with van der Waals surface area (Å²) < 4.78 is 28.5. The van der Waals surface area contributed by atoms with Gasteiger partial charge in [0.25, 0.3) is 0 Å². The second-order valence-corrected chi connectivity index (χ2v) is 10.9. The summed E-state index contributed by atoms with van der Waals surface area (Å²) in [6, 6.07) is 33.1. The summed E-state index contributed by atoms with van der Waals surface area (Å²) in [5, 5.41) is 0.